The van der Waals surface area contributed by atoms with Crippen LogP contribution in [0.2, 0.25) is 0 Å². The molecule has 0 saturated carbocycles. The van der Waals surface area contributed by atoms with Crippen molar-refractivity contribution in [3.8, 4) is 5.75 Å². The van der Waals surface area contributed by atoms with Gasteiger partial charge in [-0.15, -0.1) is 11.3 Å². The van der Waals surface area contributed by atoms with Crippen LogP contribution in [0.4, 0.5) is 0 Å². The van der Waals surface area contributed by atoms with E-state index in [1.54, 1.807) is 11.3 Å². The molecule has 2 aromatic rings. The lowest BCUT2D eigenvalue weighted by Crippen LogP contribution is -2.30. The molecule has 2 unspecified atom stereocenters. The van der Waals surface area contributed by atoms with Gasteiger partial charge >= 0.3 is 0 Å². The van der Waals surface area contributed by atoms with Crippen LogP contribution in [0.15, 0.2) is 38.6 Å². The van der Waals surface area contributed by atoms with Crippen molar-refractivity contribution in [2.75, 3.05) is 0 Å². The van der Waals surface area contributed by atoms with E-state index in [9.17, 15) is 0 Å². The Labute approximate surface area is 140 Å². The molecule has 2 rings (SSSR count). The Balaban J connectivity index is 2.25. The highest BCUT2D eigenvalue weighted by atomic mass is 79.9. The van der Waals surface area contributed by atoms with Gasteiger partial charge in [0.15, 0.2) is 0 Å². The molecule has 0 aliphatic heterocycles. The molecule has 0 radical (unpaired) electrons. The van der Waals surface area contributed by atoms with E-state index in [1.165, 1.54) is 0 Å². The topological polar surface area (TPSA) is 35.2 Å². The van der Waals surface area contributed by atoms with Crippen molar-refractivity contribution in [3.05, 3.63) is 49.0 Å². The Bertz CT molecular complexity index is 585. The zero-order valence-corrected chi connectivity index (χ0v) is 15.4. The van der Waals surface area contributed by atoms with Gasteiger partial charge in [-0.05, 0) is 65.2 Å². The van der Waals surface area contributed by atoms with E-state index < -0.39 is 0 Å². The third-order valence-corrected chi connectivity index (χ3v) is 5.70. The summed E-state index contributed by atoms with van der Waals surface area (Å²) in [6.45, 7) is 4.13. The standard InChI is InChI=1S/C15H17Br2NOS/c1-3-12(18)15(13-6-7-14(17)20-13)19-10-4-5-11(16)9(2)8-10/h4-8,12,15H,3,18H2,1-2H3. The van der Waals surface area contributed by atoms with Gasteiger partial charge in [0.1, 0.15) is 11.9 Å². The van der Waals surface area contributed by atoms with Crippen molar-refractivity contribution in [2.24, 2.45) is 5.73 Å². The van der Waals surface area contributed by atoms with E-state index in [0.29, 0.717) is 0 Å². The molecule has 0 aliphatic rings. The van der Waals surface area contributed by atoms with Crippen LogP contribution in [0, 0.1) is 6.92 Å². The SMILES string of the molecule is CCC(N)C(Oc1ccc(Br)c(C)c1)c1ccc(Br)s1. The summed E-state index contributed by atoms with van der Waals surface area (Å²) in [5.41, 5.74) is 7.38. The van der Waals surface area contributed by atoms with E-state index >= 15 is 0 Å². The number of hydrogen-bond acceptors (Lipinski definition) is 3. The summed E-state index contributed by atoms with van der Waals surface area (Å²) in [5, 5.41) is 0. The summed E-state index contributed by atoms with van der Waals surface area (Å²) in [7, 11) is 0. The molecule has 108 valence electrons. The summed E-state index contributed by atoms with van der Waals surface area (Å²) in [6, 6.07) is 10.1. The Kier molecular flexibility index (Phi) is 5.66. The first-order valence-electron chi connectivity index (χ1n) is 6.45. The Hall–Kier alpha value is -0.360. The third kappa shape index (κ3) is 3.85. The van der Waals surface area contributed by atoms with E-state index in [-0.39, 0.29) is 12.1 Å². The Morgan fingerprint density at radius 3 is 2.55 bits per heavy atom. The fourth-order valence-electron chi connectivity index (χ4n) is 1.89. The maximum Gasteiger partial charge on any atom is 0.148 e. The highest BCUT2D eigenvalue weighted by Crippen LogP contribution is 2.33. The van der Waals surface area contributed by atoms with Crippen molar-refractivity contribution in [3.63, 3.8) is 0 Å². The summed E-state index contributed by atoms with van der Waals surface area (Å²) >= 11 is 8.66. The van der Waals surface area contributed by atoms with Gasteiger partial charge < -0.3 is 10.5 Å². The number of nitrogens with two attached hydrogens (primary N) is 1. The van der Waals surface area contributed by atoms with Crippen molar-refractivity contribution in [1.29, 1.82) is 0 Å². The third-order valence-electron chi connectivity index (χ3n) is 3.13. The van der Waals surface area contributed by atoms with Crippen molar-refractivity contribution in [2.45, 2.75) is 32.4 Å². The summed E-state index contributed by atoms with van der Waals surface area (Å²) in [5.74, 6) is 0.851. The van der Waals surface area contributed by atoms with Gasteiger partial charge in [0.2, 0.25) is 0 Å². The number of aryl methyl sites for hydroxylation is 1. The molecule has 0 saturated heterocycles. The minimum atomic E-state index is -0.114. The van der Waals surface area contributed by atoms with Gasteiger partial charge in [-0.25, -0.2) is 0 Å². The molecule has 1 heterocycles. The number of halogens is 2. The van der Waals surface area contributed by atoms with Crippen LogP contribution in [0.5, 0.6) is 5.75 Å². The quantitative estimate of drug-likeness (QED) is 0.701. The van der Waals surface area contributed by atoms with Crippen LogP contribution < -0.4 is 10.5 Å². The van der Waals surface area contributed by atoms with Crippen LogP contribution in [-0.2, 0) is 0 Å². The molecule has 5 heteroatoms. The zero-order chi connectivity index (χ0) is 14.7. The Morgan fingerprint density at radius 1 is 1.25 bits per heavy atom. The molecule has 0 aliphatic carbocycles. The maximum atomic E-state index is 6.23. The highest BCUT2D eigenvalue weighted by molar-refractivity contribution is 9.11. The van der Waals surface area contributed by atoms with Crippen molar-refractivity contribution < 1.29 is 4.74 Å². The molecule has 20 heavy (non-hydrogen) atoms. The Morgan fingerprint density at radius 2 is 2.00 bits per heavy atom. The number of ether oxygens (including phenoxy) is 1. The molecule has 0 fully saturated rings. The lowest BCUT2D eigenvalue weighted by molar-refractivity contribution is 0.174. The smallest absolute Gasteiger partial charge is 0.148 e. The summed E-state index contributed by atoms with van der Waals surface area (Å²) in [4.78, 5) is 1.15. The summed E-state index contributed by atoms with van der Waals surface area (Å²) < 4.78 is 8.32. The number of rotatable bonds is 5. The molecular weight excluding hydrogens is 402 g/mol. The lowest BCUT2D eigenvalue weighted by Gasteiger charge is -2.23. The van der Waals surface area contributed by atoms with Crippen LogP contribution in [0.3, 0.4) is 0 Å². The van der Waals surface area contributed by atoms with Crippen molar-refractivity contribution in [1.82, 2.24) is 0 Å². The average Bonchev–Trinajstić information content (AvgIpc) is 2.85. The first-order valence-corrected chi connectivity index (χ1v) is 8.85. The van der Waals surface area contributed by atoms with E-state index in [4.69, 9.17) is 10.5 Å². The fraction of sp³-hybridized carbons (Fsp3) is 0.333. The van der Waals surface area contributed by atoms with Gasteiger partial charge in [0, 0.05) is 15.4 Å². The van der Waals surface area contributed by atoms with Gasteiger partial charge in [-0.2, -0.15) is 0 Å². The monoisotopic (exact) mass is 417 g/mol. The second kappa shape index (κ2) is 7.07. The van der Waals surface area contributed by atoms with Gasteiger partial charge in [0.25, 0.3) is 0 Å². The van der Waals surface area contributed by atoms with Crippen LogP contribution in [0.1, 0.15) is 29.9 Å². The average molecular weight is 419 g/mol. The lowest BCUT2D eigenvalue weighted by atomic mass is 10.1. The predicted octanol–water partition coefficient (Wildman–Crippen LogP) is 5.44. The molecule has 0 spiro atoms. The number of hydrogen-bond donors (Lipinski definition) is 1. The van der Waals surface area contributed by atoms with E-state index in [0.717, 1.165) is 30.9 Å². The molecule has 1 aromatic carbocycles. The number of thiophene rings is 1. The minimum absolute atomic E-state index is 0.0236. The van der Waals surface area contributed by atoms with Gasteiger partial charge in [0.05, 0.1) is 3.79 Å². The van der Waals surface area contributed by atoms with E-state index in [1.807, 2.05) is 31.2 Å². The second-order valence-electron chi connectivity index (χ2n) is 4.66. The van der Waals surface area contributed by atoms with E-state index in [2.05, 4.69) is 44.8 Å². The molecule has 1 aromatic heterocycles. The number of benzene rings is 1. The van der Waals surface area contributed by atoms with Gasteiger partial charge in [-0.1, -0.05) is 22.9 Å². The molecule has 0 amide bonds. The molecule has 2 nitrogen and oxygen atoms in total. The molecular formula is C15H17Br2NOS. The minimum Gasteiger partial charge on any atom is -0.483 e. The molecule has 0 bridgehead atoms. The normalized spacial score (nSPS) is 14.1. The maximum absolute atomic E-state index is 6.23. The molecule has 2 N–H and O–H groups in total. The first kappa shape index (κ1) is 16.0. The van der Waals surface area contributed by atoms with Crippen LogP contribution in [-0.4, -0.2) is 6.04 Å². The predicted molar refractivity (Wildman–Crippen MR) is 92.5 cm³/mol. The van der Waals surface area contributed by atoms with Crippen molar-refractivity contribution >= 4 is 43.2 Å². The highest BCUT2D eigenvalue weighted by Gasteiger charge is 2.22. The molecule has 2 atom stereocenters. The first-order chi connectivity index (χ1) is 9.51. The zero-order valence-electron chi connectivity index (χ0n) is 11.4. The van der Waals surface area contributed by atoms with Crippen LogP contribution in [0.25, 0.3) is 0 Å². The van der Waals surface area contributed by atoms with Gasteiger partial charge in [-0.3, -0.25) is 0 Å². The second-order valence-corrected chi connectivity index (χ2v) is 8.01. The summed E-state index contributed by atoms with van der Waals surface area (Å²) in [6.07, 6.45) is 0.757. The fourth-order valence-corrected chi connectivity index (χ4v) is 3.66. The largest absolute Gasteiger partial charge is 0.483 e. The van der Waals surface area contributed by atoms with Crippen LogP contribution >= 0.6 is 43.2 Å².